The topological polar surface area (TPSA) is 172 Å². The largest absolute Gasteiger partial charge is 0.480 e. The Hall–Kier alpha value is -2.56. The molecule has 3 unspecified atom stereocenters. The highest BCUT2D eigenvalue weighted by Gasteiger charge is 2.28. The number of aliphatic carboxylic acids is 1. The van der Waals surface area contributed by atoms with Crippen molar-refractivity contribution in [1.82, 2.24) is 0 Å². The van der Waals surface area contributed by atoms with Crippen molar-refractivity contribution in [2.24, 2.45) is 5.73 Å². The average Bonchev–Trinajstić information content (AvgIpc) is 3.21. The lowest BCUT2D eigenvalue weighted by molar-refractivity contribution is -0.161. The first-order chi connectivity index (χ1) is 28.6. The molecule has 0 radical (unpaired) electrons. The van der Waals surface area contributed by atoms with Crippen LogP contribution in [0.4, 0.5) is 0 Å². The van der Waals surface area contributed by atoms with Gasteiger partial charge in [0.05, 0.1) is 13.2 Å². The van der Waals surface area contributed by atoms with Crippen molar-refractivity contribution in [3.8, 4) is 0 Å². The number of hydrogen-bond donors (Lipinski definition) is 3. The van der Waals surface area contributed by atoms with Gasteiger partial charge < -0.3 is 25.2 Å². The average molecular weight is 854 g/mol. The molecule has 0 saturated carbocycles. The molecule has 0 saturated heterocycles. The van der Waals surface area contributed by atoms with E-state index in [1.54, 1.807) is 0 Å². The Kier molecular flexibility index (Phi) is 40.3. The Balaban J connectivity index is 4.32. The zero-order valence-electron chi connectivity index (χ0n) is 37.1. The highest BCUT2D eigenvalue weighted by atomic mass is 31.2. The maximum Gasteiger partial charge on any atom is 0.472 e. The molecule has 0 fully saturated rings. The van der Waals surface area contributed by atoms with Crippen molar-refractivity contribution >= 4 is 25.7 Å². The highest BCUT2D eigenvalue weighted by molar-refractivity contribution is 7.47. The molecule has 0 aromatic heterocycles. The molecule has 0 aliphatic carbocycles. The van der Waals surface area contributed by atoms with Gasteiger partial charge in [-0.3, -0.25) is 23.4 Å². The minimum Gasteiger partial charge on any atom is -0.480 e. The first kappa shape index (κ1) is 56.4. The Labute approximate surface area is 358 Å². The molecule has 342 valence electrons. The number of hydrogen-bond acceptors (Lipinski definition) is 9. The van der Waals surface area contributed by atoms with E-state index in [2.05, 4.69) is 67.0 Å². The lowest BCUT2D eigenvalue weighted by Crippen LogP contribution is -2.34. The van der Waals surface area contributed by atoms with Gasteiger partial charge >= 0.3 is 25.7 Å². The van der Waals surface area contributed by atoms with Crippen LogP contribution in [0.15, 0.2) is 48.6 Å². The number of allylic oxidation sites excluding steroid dienone is 8. The van der Waals surface area contributed by atoms with Gasteiger partial charge in [0.2, 0.25) is 0 Å². The van der Waals surface area contributed by atoms with E-state index in [9.17, 15) is 23.8 Å². The van der Waals surface area contributed by atoms with E-state index in [1.807, 2.05) is 0 Å². The maximum absolute atomic E-state index is 12.7. The minimum absolute atomic E-state index is 0.152. The molecule has 0 aliphatic rings. The lowest BCUT2D eigenvalue weighted by atomic mass is 10.1. The summed E-state index contributed by atoms with van der Waals surface area (Å²) in [5.41, 5.74) is 5.34. The molecule has 11 nitrogen and oxygen atoms in total. The Morgan fingerprint density at radius 3 is 1.37 bits per heavy atom. The van der Waals surface area contributed by atoms with E-state index in [0.717, 1.165) is 77.0 Å². The normalized spacial score (nSPS) is 14.1. The Morgan fingerprint density at radius 2 is 0.915 bits per heavy atom. The monoisotopic (exact) mass is 854 g/mol. The van der Waals surface area contributed by atoms with E-state index < -0.39 is 51.1 Å². The molecule has 0 rings (SSSR count). The third-order valence-corrected chi connectivity index (χ3v) is 10.8. The number of carbonyl (C=O) groups excluding carboxylic acids is 2. The van der Waals surface area contributed by atoms with Crippen LogP contribution in [0.25, 0.3) is 0 Å². The van der Waals surface area contributed by atoms with E-state index in [1.165, 1.54) is 83.5 Å². The molecule has 59 heavy (non-hydrogen) atoms. The van der Waals surface area contributed by atoms with Gasteiger partial charge in [-0.25, -0.2) is 4.57 Å². The number of rotatable bonds is 43. The van der Waals surface area contributed by atoms with E-state index in [0.29, 0.717) is 12.8 Å². The van der Waals surface area contributed by atoms with Crippen LogP contribution in [-0.2, 0) is 37.5 Å². The molecule has 12 heteroatoms. The van der Waals surface area contributed by atoms with Crippen molar-refractivity contribution < 1.29 is 47.5 Å². The second-order valence-corrected chi connectivity index (χ2v) is 17.0. The van der Waals surface area contributed by atoms with Gasteiger partial charge in [0.15, 0.2) is 6.10 Å². The van der Waals surface area contributed by atoms with Crippen molar-refractivity contribution in [2.75, 3.05) is 19.8 Å². The Morgan fingerprint density at radius 1 is 0.525 bits per heavy atom. The van der Waals surface area contributed by atoms with Crippen molar-refractivity contribution in [2.45, 2.75) is 212 Å². The maximum atomic E-state index is 12.7. The summed E-state index contributed by atoms with van der Waals surface area (Å²) >= 11 is 0. The summed E-state index contributed by atoms with van der Waals surface area (Å²) in [7, 11) is -4.72. The van der Waals surface area contributed by atoms with Gasteiger partial charge in [-0.05, 0) is 70.6 Å². The SMILES string of the molecule is CCCC/C=C\C/C=C\CCCCCCCC(=O)OCC(COP(=O)(O)OCC(N)C(=O)O)OC(=O)CCCCCCCCCCC/C=C\C/C=C\CCCCCCC. The molecular formula is C47H84NO10P. The van der Waals surface area contributed by atoms with E-state index >= 15 is 0 Å². The number of esters is 2. The fraction of sp³-hybridized carbons (Fsp3) is 0.766. The first-order valence-corrected chi connectivity index (χ1v) is 24.7. The van der Waals surface area contributed by atoms with Crippen molar-refractivity contribution in [3.05, 3.63) is 48.6 Å². The van der Waals surface area contributed by atoms with Crippen LogP contribution >= 0.6 is 7.82 Å². The number of carboxylic acids is 1. The van der Waals surface area contributed by atoms with Gasteiger partial charge in [-0.15, -0.1) is 0 Å². The molecule has 0 amide bonds. The number of carbonyl (C=O) groups is 3. The summed E-state index contributed by atoms with van der Waals surface area (Å²) < 4.78 is 32.7. The molecule has 4 N–H and O–H groups in total. The molecule has 0 aromatic rings. The smallest absolute Gasteiger partial charge is 0.472 e. The number of carboxylic acid groups (broad SMARTS) is 1. The van der Waals surface area contributed by atoms with Gasteiger partial charge in [-0.2, -0.15) is 0 Å². The standard InChI is InChI=1S/C47H84NO10P/c1-3-5-7-9-11-13-15-17-19-20-21-22-23-24-25-27-29-31-33-35-37-39-46(50)58-43(41-56-59(53,54)57-42-44(48)47(51)52)40-55-45(49)38-36-34-32-30-28-26-18-16-14-12-10-8-6-4-2/h10,12,15-18,20-21,43-44H,3-9,11,13-14,19,22-42,48H2,1-2H3,(H,51,52)(H,53,54)/b12-10-,17-15-,18-16-,21-20-. The predicted molar refractivity (Wildman–Crippen MR) is 240 cm³/mol. The third-order valence-electron chi connectivity index (χ3n) is 9.80. The second-order valence-electron chi connectivity index (χ2n) is 15.5. The molecule has 3 atom stereocenters. The quantitative estimate of drug-likeness (QED) is 0.0231. The van der Waals surface area contributed by atoms with Gasteiger partial charge in [0.1, 0.15) is 12.6 Å². The zero-order chi connectivity index (χ0) is 43.5. The van der Waals surface area contributed by atoms with Crippen LogP contribution in [0.1, 0.15) is 200 Å². The van der Waals surface area contributed by atoms with Crippen LogP contribution in [0, 0.1) is 0 Å². The summed E-state index contributed by atoms with van der Waals surface area (Å²) in [5, 5.41) is 8.90. The molecule has 0 aliphatic heterocycles. The van der Waals surface area contributed by atoms with Crippen LogP contribution < -0.4 is 5.73 Å². The summed E-state index contributed by atoms with van der Waals surface area (Å²) in [6.45, 7) is 2.74. The predicted octanol–water partition coefficient (Wildman–Crippen LogP) is 12.6. The summed E-state index contributed by atoms with van der Waals surface area (Å²) in [4.78, 5) is 46.0. The fourth-order valence-corrected chi connectivity index (χ4v) is 6.89. The second kappa shape index (κ2) is 42.1. The highest BCUT2D eigenvalue weighted by Crippen LogP contribution is 2.43. The minimum atomic E-state index is -4.72. The van der Waals surface area contributed by atoms with E-state index in [4.69, 9.17) is 24.8 Å². The summed E-state index contributed by atoms with van der Waals surface area (Å²) in [6, 6.07) is -1.53. The number of phosphoric ester groups is 1. The van der Waals surface area contributed by atoms with Gasteiger partial charge in [0, 0.05) is 12.8 Å². The van der Waals surface area contributed by atoms with Gasteiger partial charge in [-0.1, -0.05) is 165 Å². The number of unbranched alkanes of at least 4 members (excludes halogenated alkanes) is 21. The molecule has 0 bridgehead atoms. The zero-order valence-corrected chi connectivity index (χ0v) is 38.0. The number of ether oxygens (including phenoxy) is 2. The van der Waals surface area contributed by atoms with Crippen molar-refractivity contribution in [1.29, 1.82) is 0 Å². The van der Waals surface area contributed by atoms with E-state index in [-0.39, 0.29) is 19.4 Å². The molecule has 0 aromatic carbocycles. The Bertz CT molecular complexity index is 1190. The summed E-state index contributed by atoms with van der Waals surface area (Å²) in [6.07, 6.45) is 47.4. The lowest BCUT2D eigenvalue weighted by Gasteiger charge is -2.20. The van der Waals surface area contributed by atoms with Crippen molar-refractivity contribution in [3.63, 3.8) is 0 Å². The summed E-state index contributed by atoms with van der Waals surface area (Å²) in [5.74, 6) is -2.40. The third kappa shape index (κ3) is 41.9. The fourth-order valence-electron chi connectivity index (χ4n) is 6.11. The first-order valence-electron chi connectivity index (χ1n) is 23.2. The number of phosphoric acid groups is 1. The molecule has 0 heterocycles. The van der Waals surface area contributed by atoms with Crippen LogP contribution in [0.3, 0.4) is 0 Å². The van der Waals surface area contributed by atoms with Crippen LogP contribution in [-0.4, -0.2) is 59.9 Å². The van der Waals surface area contributed by atoms with Crippen LogP contribution in [0.2, 0.25) is 0 Å². The number of nitrogens with two attached hydrogens (primary N) is 1. The molecular weight excluding hydrogens is 769 g/mol. The molecule has 0 spiro atoms. The van der Waals surface area contributed by atoms with Crippen LogP contribution in [0.5, 0.6) is 0 Å². The van der Waals surface area contributed by atoms with Gasteiger partial charge in [0.25, 0.3) is 0 Å².